The van der Waals surface area contributed by atoms with Crippen LogP contribution >= 0.6 is 0 Å². The van der Waals surface area contributed by atoms with E-state index in [2.05, 4.69) is 40.8 Å². The van der Waals surface area contributed by atoms with Crippen molar-refractivity contribution in [2.75, 3.05) is 25.0 Å². The monoisotopic (exact) mass is 565 g/mol. The Bertz CT molecular complexity index is 1550. The standard InChI is InChI=1S/C27H29F2N9O3/c1-37-15-19(13-31-37)32-26-30-6-4-21(34-26)16-2-3-20-17(10-16)14-38(8-9-39)7-5-22(20)33-23(40)25-36-35-24(41-25)18-11-27(28,29)12-18/h2-4,6,10,13,15,18,22,39H,5,7-9,11-12,14H2,1H3,(H,33,40)(H,30,32,34)/t22-/m1/s1. The molecule has 1 fully saturated rings. The number of β-amino-alcohol motifs (C(OH)–C–C–N with tert-alkyl or cyclic N) is 1. The second-order valence-corrected chi connectivity index (χ2v) is 10.4. The first-order valence-corrected chi connectivity index (χ1v) is 13.3. The fraction of sp³-hybridized carbons (Fsp3) is 0.407. The number of hydrogen-bond acceptors (Lipinski definition) is 10. The van der Waals surface area contributed by atoms with Crippen LogP contribution in [0.1, 0.15) is 58.9 Å². The number of alkyl halides is 2. The lowest BCUT2D eigenvalue weighted by atomic mass is 9.81. The minimum absolute atomic E-state index is 0.00626. The van der Waals surface area contributed by atoms with Gasteiger partial charge in [-0.2, -0.15) is 5.10 Å². The lowest BCUT2D eigenvalue weighted by Crippen LogP contribution is -2.33. The van der Waals surface area contributed by atoms with Crippen molar-refractivity contribution in [1.82, 2.24) is 40.2 Å². The lowest BCUT2D eigenvalue weighted by Gasteiger charge is -2.32. The summed E-state index contributed by atoms with van der Waals surface area (Å²) in [7, 11) is 1.83. The second kappa shape index (κ2) is 10.9. The summed E-state index contributed by atoms with van der Waals surface area (Å²) in [6.07, 6.45) is 5.05. The van der Waals surface area contributed by atoms with Crippen molar-refractivity contribution in [3.63, 3.8) is 0 Å². The zero-order valence-electron chi connectivity index (χ0n) is 22.3. The van der Waals surface area contributed by atoms with Gasteiger partial charge in [-0.15, -0.1) is 10.2 Å². The fourth-order valence-corrected chi connectivity index (χ4v) is 5.25. The molecule has 1 aliphatic heterocycles. The molecule has 0 radical (unpaired) electrons. The maximum absolute atomic E-state index is 13.3. The van der Waals surface area contributed by atoms with E-state index in [1.54, 1.807) is 17.1 Å². The number of nitrogens with zero attached hydrogens (tertiary/aromatic N) is 7. The van der Waals surface area contributed by atoms with E-state index in [-0.39, 0.29) is 37.3 Å². The summed E-state index contributed by atoms with van der Waals surface area (Å²) >= 11 is 0. The zero-order chi connectivity index (χ0) is 28.6. The van der Waals surface area contributed by atoms with Gasteiger partial charge in [-0.1, -0.05) is 12.1 Å². The van der Waals surface area contributed by atoms with Crippen LogP contribution in [0, 0.1) is 0 Å². The molecule has 41 heavy (non-hydrogen) atoms. The summed E-state index contributed by atoms with van der Waals surface area (Å²) in [5.41, 5.74) is 4.25. The molecule has 0 spiro atoms. The van der Waals surface area contributed by atoms with Crippen LogP contribution in [0.25, 0.3) is 11.3 Å². The van der Waals surface area contributed by atoms with Crippen molar-refractivity contribution in [3.8, 4) is 11.3 Å². The van der Waals surface area contributed by atoms with Gasteiger partial charge in [0.05, 0.1) is 30.2 Å². The highest BCUT2D eigenvalue weighted by atomic mass is 19.3. The van der Waals surface area contributed by atoms with Crippen LogP contribution in [0.4, 0.5) is 20.4 Å². The number of hydrogen-bond donors (Lipinski definition) is 3. The summed E-state index contributed by atoms with van der Waals surface area (Å²) in [6, 6.07) is 7.39. The summed E-state index contributed by atoms with van der Waals surface area (Å²) in [4.78, 5) is 24.1. The summed E-state index contributed by atoms with van der Waals surface area (Å²) in [6.45, 7) is 1.69. The Morgan fingerprint density at radius 3 is 2.85 bits per heavy atom. The van der Waals surface area contributed by atoms with Gasteiger partial charge in [0.1, 0.15) is 0 Å². The van der Waals surface area contributed by atoms with Crippen LogP contribution in [-0.2, 0) is 13.6 Å². The Morgan fingerprint density at radius 2 is 2.10 bits per heavy atom. The average Bonchev–Trinajstić information content (AvgIpc) is 3.55. The number of aliphatic hydroxyl groups excluding tert-OH is 1. The van der Waals surface area contributed by atoms with Crippen molar-refractivity contribution in [1.29, 1.82) is 0 Å². The number of fused-ring (bicyclic) bond motifs is 1. The summed E-state index contributed by atoms with van der Waals surface area (Å²) in [5.74, 6) is -3.59. The number of carbonyl (C=O) groups excluding carboxylic acids is 1. The Balaban J connectivity index is 1.23. The Morgan fingerprint density at radius 1 is 1.24 bits per heavy atom. The number of aliphatic hydroxyl groups is 1. The van der Waals surface area contributed by atoms with Gasteiger partial charge >= 0.3 is 11.8 Å². The molecular formula is C27H29F2N9O3. The minimum Gasteiger partial charge on any atom is -0.417 e. The number of amides is 1. The minimum atomic E-state index is -2.73. The van der Waals surface area contributed by atoms with Gasteiger partial charge in [0, 0.05) is 63.4 Å². The predicted molar refractivity (Wildman–Crippen MR) is 142 cm³/mol. The van der Waals surface area contributed by atoms with E-state index in [9.17, 15) is 18.7 Å². The van der Waals surface area contributed by atoms with Crippen molar-refractivity contribution in [3.05, 3.63) is 65.8 Å². The maximum Gasteiger partial charge on any atom is 0.309 e. The molecule has 1 aromatic carbocycles. The number of carbonyl (C=O) groups is 1. The Hall–Kier alpha value is -4.30. The van der Waals surface area contributed by atoms with Crippen molar-refractivity contribution >= 4 is 17.5 Å². The van der Waals surface area contributed by atoms with E-state index in [1.807, 2.05) is 37.5 Å². The quantitative estimate of drug-likeness (QED) is 0.291. The van der Waals surface area contributed by atoms with Gasteiger partial charge in [0.25, 0.3) is 0 Å². The number of halogens is 2. The van der Waals surface area contributed by atoms with Gasteiger partial charge in [-0.05, 0) is 29.7 Å². The molecule has 214 valence electrons. The number of benzene rings is 1. The SMILES string of the molecule is Cn1cc(Nc2nccc(-c3ccc4c(c3)CN(CCO)CC[C@H]4NC(=O)c3nnc(C4CC(F)(F)C4)o3)n2)cn1. The van der Waals surface area contributed by atoms with Crippen molar-refractivity contribution < 1.29 is 23.1 Å². The van der Waals surface area contributed by atoms with Crippen LogP contribution < -0.4 is 10.6 Å². The molecule has 6 rings (SSSR count). The van der Waals surface area contributed by atoms with E-state index in [1.165, 1.54) is 0 Å². The molecule has 4 aromatic rings. The third-order valence-corrected chi connectivity index (χ3v) is 7.35. The normalized spacial score (nSPS) is 18.8. The predicted octanol–water partition coefficient (Wildman–Crippen LogP) is 3.19. The number of aromatic nitrogens is 6. The molecule has 2 aliphatic rings. The van der Waals surface area contributed by atoms with Gasteiger partial charge in [0.15, 0.2) is 0 Å². The first kappa shape index (κ1) is 26.9. The fourth-order valence-electron chi connectivity index (χ4n) is 5.25. The van der Waals surface area contributed by atoms with Crippen molar-refractivity contribution in [2.45, 2.75) is 43.7 Å². The van der Waals surface area contributed by atoms with Crippen molar-refractivity contribution in [2.24, 2.45) is 7.05 Å². The van der Waals surface area contributed by atoms with Gasteiger partial charge in [-0.25, -0.2) is 18.7 Å². The lowest BCUT2D eigenvalue weighted by molar-refractivity contribution is -0.0918. The van der Waals surface area contributed by atoms with E-state index in [0.717, 1.165) is 22.4 Å². The third-order valence-electron chi connectivity index (χ3n) is 7.35. The van der Waals surface area contributed by atoms with Gasteiger partial charge < -0.3 is 20.2 Å². The molecule has 0 bridgehead atoms. The average molecular weight is 566 g/mol. The Labute approximate surface area is 233 Å². The van der Waals surface area contributed by atoms with Crippen LogP contribution in [-0.4, -0.2) is 71.5 Å². The number of aryl methyl sites for hydroxylation is 1. The highest BCUT2D eigenvalue weighted by Gasteiger charge is 2.48. The van der Waals surface area contributed by atoms with Crippen LogP contribution in [0.15, 0.2) is 47.3 Å². The highest BCUT2D eigenvalue weighted by Crippen LogP contribution is 2.47. The Kier molecular flexibility index (Phi) is 7.17. The molecule has 1 saturated carbocycles. The molecule has 3 aromatic heterocycles. The van der Waals surface area contributed by atoms with Gasteiger partial charge in [-0.3, -0.25) is 14.4 Å². The van der Waals surface area contributed by atoms with Crippen LogP contribution in [0.3, 0.4) is 0 Å². The number of anilines is 2. The third kappa shape index (κ3) is 5.93. The molecule has 4 heterocycles. The van der Waals surface area contributed by atoms with Crippen LogP contribution in [0.5, 0.6) is 0 Å². The van der Waals surface area contributed by atoms with E-state index in [0.29, 0.717) is 37.7 Å². The molecule has 1 amide bonds. The molecule has 1 atom stereocenters. The largest absolute Gasteiger partial charge is 0.417 e. The topological polar surface area (TPSA) is 147 Å². The smallest absolute Gasteiger partial charge is 0.309 e. The maximum atomic E-state index is 13.3. The number of rotatable bonds is 8. The first-order valence-electron chi connectivity index (χ1n) is 13.3. The van der Waals surface area contributed by atoms with E-state index in [4.69, 9.17) is 4.42 Å². The second-order valence-electron chi connectivity index (χ2n) is 10.4. The molecule has 0 unspecified atom stereocenters. The first-order chi connectivity index (χ1) is 19.8. The van der Waals surface area contributed by atoms with Crippen LogP contribution in [0.2, 0.25) is 0 Å². The molecule has 12 nitrogen and oxygen atoms in total. The molecule has 0 saturated heterocycles. The van der Waals surface area contributed by atoms with Gasteiger partial charge in [0.2, 0.25) is 17.8 Å². The molecular weight excluding hydrogens is 536 g/mol. The summed E-state index contributed by atoms with van der Waals surface area (Å²) < 4.78 is 33.7. The summed E-state index contributed by atoms with van der Waals surface area (Å²) in [5, 5.41) is 27.5. The molecule has 1 aliphatic carbocycles. The highest BCUT2D eigenvalue weighted by molar-refractivity contribution is 5.89. The molecule has 3 N–H and O–H groups in total. The zero-order valence-corrected chi connectivity index (χ0v) is 22.3. The van der Waals surface area contributed by atoms with E-state index < -0.39 is 17.7 Å². The van der Waals surface area contributed by atoms with E-state index >= 15 is 0 Å². The number of nitrogens with one attached hydrogen (secondary N) is 2. The molecule has 14 heteroatoms.